The van der Waals surface area contributed by atoms with Gasteiger partial charge >= 0.3 is 0 Å². The minimum absolute atomic E-state index is 0.621. The average molecular weight is 258 g/mol. The van der Waals surface area contributed by atoms with Crippen molar-refractivity contribution in [3.63, 3.8) is 0 Å². The summed E-state index contributed by atoms with van der Waals surface area (Å²) in [6.07, 6.45) is 11.8. The van der Waals surface area contributed by atoms with Crippen LogP contribution in [0.25, 0.3) is 10.9 Å². The van der Waals surface area contributed by atoms with Crippen molar-refractivity contribution in [2.24, 2.45) is 0 Å². The lowest BCUT2D eigenvalue weighted by atomic mass is 9.91. The molecule has 0 aliphatic rings. The summed E-state index contributed by atoms with van der Waals surface area (Å²) in [7, 11) is 0. The molecule has 0 radical (unpaired) electrons. The fraction of sp³-hybridized carbons (Fsp3) is 0.588. The summed E-state index contributed by atoms with van der Waals surface area (Å²) in [5.74, 6) is 0.621. The van der Waals surface area contributed by atoms with E-state index >= 15 is 0 Å². The number of hydrogen-bond donors (Lipinski definition) is 1. The minimum atomic E-state index is 0.621. The van der Waals surface area contributed by atoms with Crippen molar-refractivity contribution >= 4 is 10.9 Å². The van der Waals surface area contributed by atoms with Gasteiger partial charge in [0.2, 0.25) is 0 Å². The van der Waals surface area contributed by atoms with Crippen molar-refractivity contribution < 1.29 is 0 Å². The van der Waals surface area contributed by atoms with Crippen LogP contribution < -0.4 is 0 Å². The molecule has 0 fully saturated rings. The molecule has 0 aromatic carbocycles. The zero-order valence-corrected chi connectivity index (χ0v) is 12.5. The standard InChI is InChI=1S/C17H26N2/c1-4-6-7-9-14(8-5-2)17-15-10-11-18-16(15)13(3)12-19-17/h10-12,14,18H,4-9H2,1-3H3. The van der Waals surface area contributed by atoms with Gasteiger partial charge in [-0.15, -0.1) is 0 Å². The molecule has 0 aliphatic heterocycles. The third-order valence-corrected chi connectivity index (χ3v) is 3.99. The number of pyridine rings is 1. The van der Waals surface area contributed by atoms with E-state index in [1.165, 1.54) is 60.7 Å². The fourth-order valence-electron chi connectivity index (χ4n) is 2.94. The number of nitrogens with one attached hydrogen (secondary N) is 1. The number of H-pyrrole nitrogens is 1. The maximum atomic E-state index is 4.76. The van der Waals surface area contributed by atoms with E-state index in [-0.39, 0.29) is 0 Å². The van der Waals surface area contributed by atoms with Crippen molar-refractivity contribution in [1.82, 2.24) is 9.97 Å². The molecule has 0 spiro atoms. The molecule has 2 heteroatoms. The third-order valence-electron chi connectivity index (χ3n) is 3.99. The van der Waals surface area contributed by atoms with Crippen LogP contribution in [-0.4, -0.2) is 9.97 Å². The third kappa shape index (κ3) is 3.17. The number of aromatic nitrogens is 2. The molecule has 1 unspecified atom stereocenters. The summed E-state index contributed by atoms with van der Waals surface area (Å²) < 4.78 is 0. The monoisotopic (exact) mass is 258 g/mol. The van der Waals surface area contributed by atoms with Gasteiger partial charge in [0.15, 0.2) is 0 Å². The van der Waals surface area contributed by atoms with E-state index in [0.29, 0.717) is 5.92 Å². The maximum absolute atomic E-state index is 4.76. The Morgan fingerprint density at radius 3 is 2.74 bits per heavy atom. The van der Waals surface area contributed by atoms with Gasteiger partial charge in [0.05, 0.1) is 11.2 Å². The molecule has 2 aromatic heterocycles. The Hall–Kier alpha value is -1.31. The summed E-state index contributed by atoms with van der Waals surface area (Å²) >= 11 is 0. The Morgan fingerprint density at radius 1 is 1.16 bits per heavy atom. The lowest BCUT2D eigenvalue weighted by Crippen LogP contribution is -2.03. The van der Waals surface area contributed by atoms with E-state index in [2.05, 4.69) is 31.8 Å². The van der Waals surface area contributed by atoms with Crippen LogP contribution >= 0.6 is 0 Å². The Labute approximate surface area is 116 Å². The second-order valence-corrected chi connectivity index (χ2v) is 5.57. The van der Waals surface area contributed by atoms with Gasteiger partial charge < -0.3 is 4.98 Å². The van der Waals surface area contributed by atoms with Crippen LogP contribution in [0.5, 0.6) is 0 Å². The van der Waals surface area contributed by atoms with Crippen LogP contribution in [0.1, 0.15) is 69.5 Å². The zero-order chi connectivity index (χ0) is 13.7. The predicted molar refractivity (Wildman–Crippen MR) is 82.6 cm³/mol. The first-order chi connectivity index (χ1) is 9.27. The molecule has 0 saturated carbocycles. The molecule has 104 valence electrons. The van der Waals surface area contributed by atoms with Gasteiger partial charge in [0.25, 0.3) is 0 Å². The molecule has 2 rings (SSSR count). The first-order valence-corrected chi connectivity index (χ1v) is 7.70. The van der Waals surface area contributed by atoms with Crippen LogP contribution in [0.2, 0.25) is 0 Å². The SMILES string of the molecule is CCCCCC(CCC)c1ncc(C)c2[nH]ccc12. The van der Waals surface area contributed by atoms with Gasteiger partial charge in [-0.2, -0.15) is 0 Å². The van der Waals surface area contributed by atoms with E-state index in [4.69, 9.17) is 4.98 Å². The largest absolute Gasteiger partial charge is 0.361 e. The van der Waals surface area contributed by atoms with Gasteiger partial charge in [-0.25, -0.2) is 0 Å². The van der Waals surface area contributed by atoms with Gasteiger partial charge in [-0.3, -0.25) is 4.98 Å². The summed E-state index contributed by atoms with van der Waals surface area (Å²) in [4.78, 5) is 8.11. The van der Waals surface area contributed by atoms with Gasteiger partial charge in [-0.05, 0) is 31.4 Å². The number of aromatic amines is 1. The normalized spacial score (nSPS) is 13.0. The predicted octanol–water partition coefficient (Wildman–Crippen LogP) is 5.34. The van der Waals surface area contributed by atoms with Crippen LogP contribution in [0.4, 0.5) is 0 Å². The van der Waals surface area contributed by atoms with E-state index < -0.39 is 0 Å². The molecule has 0 amide bonds. The van der Waals surface area contributed by atoms with Crippen molar-refractivity contribution in [1.29, 1.82) is 0 Å². The highest BCUT2D eigenvalue weighted by Gasteiger charge is 2.16. The second-order valence-electron chi connectivity index (χ2n) is 5.57. The van der Waals surface area contributed by atoms with Crippen LogP contribution in [-0.2, 0) is 0 Å². The molecule has 2 nitrogen and oxygen atoms in total. The molecule has 0 bridgehead atoms. The Bertz CT molecular complexity index is 513. The maximum Gasteiger partial charge on any atom is 0.0528 e. The van der Waals surface area contributed by atoms with E-state index in [1.54, 1.807) is 0 Å². The van der Waals surface area contributed by atoms with Gasteiger partial charge in [0.1, 0.15) is 0 Å². The van der Waals surface area contributed by atoms with Crippen molar-refractivity contribution in [3.8, 4) is 0 Å². The smallest absolute Gasteiger partial charge is 0.0528 e. The quantitative estimate of drug-likeness (QED) is 0.668. The first-order valence-electron chi connectivity index (χ1n) is 7.70. The molecular weight excluding hydrogens is 232 g/mol. The summed E-state index contributed by atoms with van der Waals surface area (Å²) in [5, 5.41) is 1.33. The first kappa shape index (κ1) is 14.1. The summed E-state index contributed by atoms with van der Waals surface area (Å²) in [6.45, 7) is 6.67. The fourth-order valence-corrected chi connectivity index (χ4v) is 2.94. The molecular formula is C17H26N2. The van der Waals surface area contributed by atoms with E-state index in [0.717, 1.165) is 0 Å². The van der Waals surface area contributed by atoms with Crippen LogP contribution in [0, 0.1) is 6.92 Å². The van der Waals surface area contributed by atoms with Gasteiger partial charge in [-0.1, -0.05) is 39.5 Å². The lowest BCUT2D eigenvalue weighted by molar-refractivity contribution is 0.522. The molecule has 0 saturated heterocycles. The number of unbranched alkanes of at least 4 members (excludes halogenated alkanes) is 2. The Balaban J connectivity index is 2.27. The topological polar surface area (TPSA) is 28.7 Å². The highest BCUT2D eigenvalue weighted by molar-refractivity contribution is 5.84. The van der Waals surface area contributed by atoms with Crippen LogP contribution in [0.3, 0.4) is 0 Å². The highest BCUT2D eigenvalue weighted by Crippen LogP contribution is 2.31. The number of fused-ring (bicyclic) bond motifs is 1. The second kappa shape index (κ2) is 6.74. The van der Waals surface area contributed by atoms with Crippen LogP contribution in [0.15, 0.2) is 18.5 Å². The number of hydrogen-bond acceptors (Lipinski definition) is 1. The van der Waals surface area contributed by atoms with Crippen molar-refractivity contribution in [2.75, 3.05) is 0 Å². The number of rotatable bonds is 7. The van der Waals surface area contributed by atoms with Crippen molar-refractivity contribution in [2.45, 2.75) is 65.2 Å². The summed E-state index contributed by atoms with van der Waals surface area (Å²) in [6, 6.07) is 2.19. The molecule has 2 heterocycles. The number of aryl methyl sites for hydroxylation is 1. The van der Waals surface area contributed by atoms with Crippen molar-refractivity contribution in [3.05, 3.63) is 29.7 Å². The molecule has 1 N–H and O–H groups in total. The molecule has 1 atom stereocenters. The minimum Gasteiger partial charge on any atom is -0.361 e. The lowest BCUT2D eigenvalue weighted by Gasteiger charge is -2.17. The van der Waals surface area contributed by atoms with Gasteiger partial charge in [0, 0.05) is 23.7 Å². The molecule has 19 heavy (non-hydrogen) atoms. The highest BCUT2D eigenvalue weighted by atomic mass is 14.7. The Kier molecular flexibility index (Phi) is 5.00. The zero-order valence-electron chi connectivity index (χ0n) is 12.5. The number of nitrogens with zero attached hydrogens (tertiary/aromatic N) is 1. The summed E-state index contributed by atoms with van der Waals surface area (Å²) in [5.41, 5.74) is 3.81. The molecule has 0 aliphatic carbocycles. The molecule has 2 aromatic rings. The Morgan fingerprint density at radius 2 is 2.00 bits per heavy atom. The average Bonchev–Trinajstić information content (AvgIpc) is 2.89. The van der Waals surface area contributed by atoms with E-state index in [1.807, 2.05) is 12.4 Å². The van der Waals surface area contributed by atoms with E-state index in [9.17, 15) is 0 Å².